The van der Waals surface area contributed by atoms with Gasteiger partial charge >= 0.3 is 5.97 Å². The molecular weight excluding hydrogens is 276 g/mol. The van der Waals surface area contributed by atoms with Crippen LogP contribution in [0.3, 0.4) is 0 Å². The summed E-state index contributed by atoms with van der Waals surface area (Å²) < 4.78 is 4.90. The number of carbonyl (C=O) groups is 1. The van der Waals surface area contributed by atoms with Gasteiger partial charge in [0.2, 0.25) is 0 Å². The number of nitrogens with two attached hydrogens (primary N) is 1. The fourth-order valence-corrected chi connectivity index (χ4v) is 3.45. The van der Waals surface area contributed by atoms with Gasteiger partial charge in [-0.3, -0.25) is 4.79 Å². The van der Waals surface area contributed by atoms with E-state index in [9.17, 15) is 4.79 Å². The number of nitrogen functional groups attached to an aromatic ring is 1. The van der Waals surface area contributed by atoms with Crippen LogP contribution in [0.1, 0.15) is 43.6 Å². The minimum atomic E-state index is -0.0566. The summed E-state index contributed by atoms with van der Waals surface area (Å²) >= 11 is 0. The zero-order valence-electron chi connectivity index (χ0n) is 12.9. The monoisotopic (exact) mass is 298 g/mol. The number of nitrogens with zero attached hydrogens (tertiary/aromatic N) is 1. The van der Waals surface area contributed by atoms with Crippen molar-refractivity contribution < 1.29 is 9.53 Å². The lowest BCUT2D eigenvalue weighted by atomic mass is 9.90. The first-order valence-corrected chi connectivity index (χ1v) is 7.91. The fraction of sp³-hybridized carbons (Fsp3) is 0.444. The molecule has 116 valence electrons. The van der Waals surface area contributed by atoms with E-state index in [-0.39, 0.29) is 11.9 Å². The molecule has 1 aromatic heterocycles. The van der Waals surface area contributed by atoms with Gasteiger partial charge in [0.1, 0.15) is 5.82 Å². The van der Waals surface area contributed by atoms with Gasteiger partial charge in [0.25, 0.3) is 0 Å². The molecule has 4 nitrogen and oxygen atoms in total. The first-order valence-electron chi connectivity index (χ1n) is 7.91. The summed E-state index contributed by atoms with van der Waals surface area (Å²) in [5.41, 5.74) is 8.00. The number of hydrogen-bond donors (Lipinski definition) is 1. The zero-order valence-corrected chi connectivity index (χ0v) is 12.9. The molecule has 2 unspecified atom stereocenters. The topological polar surface area (TPSA) is 65.2 Å². The van der Waals surface area contributed by atoms with Crippen LogP contribution >= 0.6 is 0 Å². The van der Waals surface area contributed by atoms with E-state index in [1.165, 1.54) is 12.7 Å². The lowest BCUT2D eigenvalue weighted by Gasteiger charge is -2.15. The van der Waals surface area contributed by atoms with Gasteiger partial charge in [0.05, 0.1) is 18.5 Å². The van der Waals surface area contributed by atoms with Gasteiger partial charge in [-0.2, -0.15) is 0 Å². The van der Waals surface area contributed by atoms with Crippen molar-refractivity contribution in [3.8, 4) is 0 Å². The van der Waals surface area contributed by atoms with Crippen LogP contribution in [0, 0.1) is 5.92 Å². The highest BCUT2D eigenvalue weighted by Crippen LogP contribution is 2.35. The van der Waals surface area contributed by atoms with Crippen LogP contribution in [0.15, 0.2) is 30.3 Å². The number of ether oxygens (including phenoxy) is 1. The van der Waals surface area contributed by atoms with Crippen LogP contribution < -0.4 is 5.73 Å². The summed E-state index contributed by atoms with van der Waals surface area (Å²) in [6, 6.07) is 10.3. The van der Waals surface area contributed by atoms with E-state index >= 15 is 0 Å². The zero-order chi connectivity index (χ0) is 15.5. The number of hydrogen-bond acceptors (Lipinski definition) is 4. The summed E-state index contributed by atoms with van der Waals surface area (Å²) in [6.45, 7) is 0. The number of fused-ring (bicyclic) bond motifs is 1. The quantitative estimate of drug-likeness (QED) is 0.679. The Balaban J connectivity index is 1.79. The second kappa shape index (κ2) is 6.34. The highest BCUT2D eigenvalue weighted by atomic mass is 16.5. The normalized spacial score (nSPS) is 22.2. The minimum absolute atomic E-state index is 0.0566. The third-order valence-corrected chi connectivity index (χ3v) is 4.71. The van der Waals surface area contributed by atoms with Crippen molar-refractivity contribution in [1.82, 2.24) is 4.98 Å². The van der Waals surface area contributed by atoms with Crippen molar-refractivity contribution in [2.45, 2.75) is 38.0 Å². The molecule has 0 radical (unpaired) electrons. The Morgan fingerprint density at radius 2 is 2.05 bits per heavy atom. The molecule has 1 fully saturated rings. The smallest absolute Gasteiger partial charge is 0.308 e. The molecule has 2 atom stereocenters. The van der Waals surface area contributed by atoms with Crippen LogP contribution in [0.4, 0.5) is 5.82 Å². The Morgan fingerprint density at radius 3 is 2.86 bits per heavy atom. The maximum Gasteiger partial charge on any atom is 0.308 e. The predicted octanol–water partition coefficient (Wildman–Crippen LogP) is 3.65. The van der Waals surface area contributed by atoms with Crippen LogP contribution in [0.2, 0.25) is 0 Å². The Morgan fingerprint density at radius 1 is 1.18 bits per heavy atom. The van der Waals surface area contributed by atoms with E-state index in [1.54, 1.807) is 0 Å². The summed E-state index contributed by atoms with van der Waals surface area (Å²) in [5, 5.41) is 1.13. The summed E-state index contributed by atoms with van der Waals surface area (Å²) in [5.74, 6) is 1.07. The summed E-state index contributed by atoms with van der Waals surface area (Å²) in [6.07, 6.45) is 5.09. The number of pyridine rings is 1. The maximum absolute atomic E-state index is 11.7. The number of esters is 1. The molecule has 0 amide bonds. The van der Waals surface area contributed by atoms with E-state index in [2.05, 4.69) is 17.1 Å². The molecule has 0 bridgehead atoms. The van der Waals surface area contributed by atoms with Gasteiger partial charge in [0, 0.05) is 5.39 Å². The molecule has 1 saturated carbocycles. The first kappa shape index (κ1) is 14.8. The SMILES string of the molecule is COC(=O)C1CCCC(c2ccc3nc(N)ccc3c2)CC1. The van der Waals surface area contributed by atoms with Gasteiger partial charge < -0.3 is 10.5 Å². The highest BCUT2D eigenvalue weighted by molar-refractivity contribution is 5.80. The van der Waals surface area contributed by atoms with Crippen LogP contribution in [0.5, 0.6) is 0 Å². The first-order chi connectivity index (χ1) is 10.7. The molecule has 0 spiro atoms. The summed E-state index contributed by atoms with van der Waals surface area (Å²) in [7, 11) is 1.48. The van der Waals surface area contributed by atoms with E-state index in [1.807, 2.05) is 18.2 Å². The largest absolute Gasteiger partial charge is 0.469 e. The third-order valence-electron chi connectivity index (χ3n) is 4.71. The average molecular weight is 298 g/mol. The lowest BCUT2D eigenvalue weighted by Crippen LogP contribution is -2.15. The molecule has 1 heterocycles. The molecule has 0 saturated heterocycles. The number of aromatic nitrogens is 1. The number of anilines is 1. The predicted molar refractivity (Wildman–Crippen MR) is 87.5 cm³/mol. The minimum Gasteiger partial charge on any atom is -0.469 e. The van der Waals surface area contributed by atoms with Gasteiger partial charge in [-0.25, -0.2) is 4.98 Å². The van der Waals surface area contributed by atoms with Crippen molar-refractivity contribution in [1.29, 1.82) is 0 Å². The van der Waals surface area contributed by atoms with E-state index in [0.717, 1.165) is 43.0 Å². The molecule has 4 heteroatoms. The van der Waals surface area contributed by atoms with Crippen molar-refractivity contribution in [2.24, 2.45) is 5.92 Å². The molecule has 1 aliphatic carbocycles. The Hall–Kier alpha value is -2.10. The van der Waals surface area contributed by atoms with Crippen LogP contribution in [-0.2, 0) is 9.53 Å². The Bertz CT molecular complexity index is 684. The Labute approximate surface area is 130 Å². The average Bonchev–Trinajstić information content (AvgIpc) is 2.79. The standard InChI is InChI=1S/C18H22N2O2/c1-22-18(21)13-4-2-3-12(5-6-13)14-7-9-16-15(11-14)8-10-17(19)20-16/h7-13H,2-6H2,1H3,(H2,19,20). The number of methoxy groups -OCH3 is 1. The van der Waals surface area contributed by atoms with Gasteiger partial charge in [-0.05, 0) is 61.4 Å². The molecule has 2 N–H and O–H groups in total. The second-order valence-corrected chi connectivity index (χ2v) is 6.11. The third kappa shape index (κ3) is 3.06. The van der Waals surface area contributed by atoms with E-state index in [4.69, 9.17) is 10.5 Å². The van der Waals surface area contributed by atoms with Gasteiger partial charge in [0.15, 0.2) is 0 Å². The lowest BCUT2D eigenvalue weighted by molar-refractivity contribution is -0.145. The number of benzene rings is 1. The van der Waals surface area contributed by atoms with Crippen molar-refractivity contribution >= 4 is 22.7 Å². The molecular formula is C18H22N2O2. The van der Waals surface area contributed by atoms with Crippen LogP contribution in [-0.4, -0.2) is 18.1 Å². The molecule has 2 aromatic rings. The van der Waals surface area contributed by atoms with Crippen molar-refractivity contribution in [3.05, 3.63) is 35.9 Å². The van der Waals surface area contributed by atoms with Gasteiger partial charge in [-0.1, -0.05) is 12.5 Å². The van der Waals surface area contributed by atoms with E-state index in [0.29, 0.717) is 11.7 Å². The van der Waals surface area contributed by atoms with Crippen LogP contribution in [0.25, 0.3) is 10.9 Å². The molecule has 0 aliphatic heterocycles. The van der Waals surface area contributed by atoms with Crippen molar-refractivity contribution in [2.75, 3.05) is 12.8 Å². The summed E-state index contributed by atoms with van der Waals surface area (Å²) in [4.78, 5) is 16.1. The highest BCUT2D eigenvalue weighted by Gasteiger charge is 2.25. The molecule has 3 rings (SSSR count). The fourth-order valence-electron chi connectivity index (χ4n) is 3.45. The van der Waals surface area contributed by atoms with E-state index < -0.39 is 0 Å². The Kier molecular flexibility index (Phi) is 4.27. The molecule has 1 aromatic carbocycles. The number of rotatable bonds is 2. The number of carbonyl (C=O) groups excluding carboxylic acids is 1. The van der Waals surface area contributed by atoms with Crippen molar-refractivity contribution in [3.63, 3.8) is 0 Å². The second-order valence-electron chi connectivity index (χ2n) is 6.11. The van der Waals surface area contributed by atoms with Gasteiger partial charge in [-0.15, -0.1) is 0 Å². The molecule has 1 aliphatic rings. The maximum atomic E-state index is 11.7. The molecule has 22 heavy (non-hydrogen) atoms.